The molecule has 0 aliphatic heterocycles. The van der Waals surface area contributed by atoms with Gasteiger partial charge >= 0.3 is 0 Å². The van der Waals surface area contributed by atoms with Crippen LogP contribution in [0.3, 0.4) is 0 Å². The van der Waals surface area contributed by atoms with Crippen LogP contribution in [-0.2, 0) is 4.74 Å². The monoisotopic (exact) mass is 241 g/mol. The Morgan fingerprint density at radius 2 is 2.00 bits per heavy atom. The van der Waals surface area contributed by atoms with Crippen molar-refractivity contribution >= 4 is 5.69 Å². The number of benzene rings is 1. The molecule has 0 saturated carbocycles. The summed E-state index contributed by atoms with van der Waals surface area (Å²) in [6, 6.07) is 6.29. The number of halogens is 1. The fourth-order valence-electron chi connectivity index (χ4n) is 1.31. The van der Waals surface area contributed by atoms with Crippen LogP contribution < -0.4 is 16.0 Å². The maximum Gasteiger partial charge on any atom is 0.123 e. The molecule has 96 valence electrons. The number of rotatable bonds is 8. The van der Waals surface area contributed by atoms with Crippen molar-refractivity contribution in [2.75, 3.05) is 31.8 Å². The fourth-order valence-corrected chi connectivity index (χ4v) is 1.31. The average Bonchev–Trinajstić information content (AvgIpc) is 2.34. The van der Waals surface area contributed by atoms with Crippen LogP contribution in [0, 0.1) is 5.82 Å². The highest BCUT2D eigenvalue weighted by atomic mass is 19.1. The van der Waals surface area contributed by atoms with Crippen LogP contribution >= 0.6 is 0 Å². The topological polar surface area (TPSA) is 36.5 Å². The van der Waals surface area contributed by atoms with Crippen molar-refractivity contribution in [3.05, 3.63) is 30.1 Å². The molecule has 17 heavy (non-hydrogen) atoms. The molecule has 0 aliphatic rings. The quantitative estimate of drug-likeness (QED) is 0.536. The van der Waals surface area contributed by atoms with Gasteiger partial charge in [0.1, 0.15) is 5.82 Å². The zero-order valence-electron chi connectivity index (χ0n) is 10.4. The van der Waals surface area contributed by atoms with E-state index < -0.39 is 0 Å². The molecular formula is C12H20FN3O. The molecule has 0 atom stereocenters. The molecule has 1 aromatic rings. The molecule has 4 nitrogen and oxygen atoms in total. The lowest BCUT2D eigenvalue weighted by Crippen LogP contribution is -2.45. The van der Waals surface area contributed by atoms with Crippen LogP contribution in [0.25, 0.3) is 0 Å². The molecule has 1 aromatic carbocycles. The Morgan fingerprint density at radius 1 is 1.29 bits per heavy atom. The number of hydrogen-bond acceptors (Lipinski definition) is 4. The molecule has 0 fully saturated rings. The lowest BCUT2D eigenvalue weighted by Gasteiger charge is -2.20. The molecule has 0 amide bonds. The van der Waals surface area contributed by atoms with Crippen molar-refractivity contribution in [3.63, 3.8) is 0 Å². The predicted octanol–water partition coefficient (Wildman–Crippen LogP) is 1.70. The Kier molecular flexibility index (Phi) is 6.54. The van der Waals surface area contributed by atoms with Crippen molar-refractivity contribution in [2.45, 2.75) is 13.3 Å². The average molecular weight is 241 g/mol. The molecule has 0 aromatic heterocycles. The van der Waals surface area contributed by atoms with Crippen LogP contribution in [0.1, 0.15) is 13.3 Å². The first-order valence-electron chi connectivity index (χ1n) is 5.79. The minimum atomic E-state index is -0.230. The number of hydrazine groups is 2. The highest BCUT2D eigenvalue weighted by Crippen LogP contribution is 2.10. The van der Waals surface area contributed by atoms with Crippen molar-refractivity contribution in [3.8, 4) is 0 Å². The van der Waals surface area contributed by atoms with Crippen LogP contribution in [0.15, 0.2) is 24.3 Å². The molecule has 0 spiro atoms. The Labute approximate surface area is 102 Å². The zero-order valence-corrected chi connectivity index (χ0v) is 10.4. The Hall–Kier alpha value is -1.17. The smallest absolute Gasteiger partial charge is 0.123 e. The number of nitrogens with one attached hydrogen (secondary N) is 2. The first-order chi connectivity index (χ1) is 8.24. The van der Waals surface area contributed by atoms with Crippen molar-refractivity contribution in [2.24, 2.45) is 0 Å². The number of ether oxygens (including phenoxy) is 1. The van der Waals surface area contributed by atoms with Gasteiger partial charge in [0.15, 0.2) is 0 Å². The predicted molar refractivity (Wildman–Crippen MR) is 67.1 cm³/mol. The van der Waals surface area contributed by atoms with E-state index in [4.69, 9.17) is 4.74 Å². The van der Waals surface area contributed by atoms with Gasteiger partial charge in [0.2, 0.25) is 0 Å². The number of hydrogen-bond donors (Lipinski definition) is 2. The third kappa shape index (κ3) is 5.63. The molecule has 0 aliphatic carbocycles. The van der Waals surface area contributed by atoms with Crippen molar-refractivity contribution in [1.29, 1.82) is 0 Å². The standard InChI is InChI=1S/C12H20FN3O/c1-3-17-10-4-9-14-15-16(2)12-7-5-11(13)6-8-12/h5-8,14-15H,3-4,9-10H2,1-2H3. The second kappa shape index (κ2) is 8.00. The van der Waals surface area contributed by atoms with E-state index in [1.165, 1.54) is 12.1 Å². The molecule has 0 bridgehead atoms. The van der Waals surface area contributed by atoms with Gasteiger partial charge in [0.25, 0.3) is 0 Å². The van der Waals surface area contributed by atoms with Gasteiger partial charge in [0.05, 0.1) is 5.69 Å². The van der Waals surface area contributed by atoms with Gasteiger partial charge in [-0.15, -0.1) is 0 Å². The second-order valence-corrected chi connectivity index (χ2v) is 3.62. The van der Waals surface area contributed by atoms with E-state index in [0.29, 0.717) is 0 Å². The molecule has 0 saturated heterocycles. The molecular weight excluding hydrogens is 221 g/mol. The molecule has 0 unspecified atom stereocenters. The van der Waals surface area contributed by atoms with Crippen molar-refractivity contribution < 1.29 is 9.13 Å². The summed E-state index contributed by atoms with van der Waals surface area (Å²) in [4.78, 5) is 0. The van der Waals surface area contributed by atoms with Gasteiger partial charge in [-0.25, -0.2) is 9.82 Å². The first kappa shape index (κ1) is 13.9. The fraction of sp³-hybridized carbons (Fsp3) is 0.500. The second-order valence-electron chi connectivity index (χ2n) is 3.62. The third-order valence-electron chi connectivity index (χ3n) is 2.26. The highest BCUT2D eigenvalue weighted by molar-refractivity contribution is 5.43. The SMILES string of the molecule is CCOCCCNNN(C)c1ccc(F)cc1. The highest BCUT2D eigenvalue weighted by Gasteiger charge is 1.99. The Bertz CT molecular complexity index is 305. The number of anilines is 1. The normalized spacial score (nSPS) is 10.5. The van der Waals surface area contributed by atoms with Crippen LogP contribution in [-0.4, -0.2) is 26.8 Å². The maximum atomic E-state index is 12.7. The van der Waals surface area contributed by atoms with E-state index in [-0.39, 0.29) is 5.82 Å². The van der Waals surface area contributed by atoms with Gasteiger partial charge in [-0.05, 0) is 37.6 Å². The van der Waals surface area contributed by atoms with Gasteiger partial charge in [-0.3, -0.25) is 5.01 Å². The summed E-state index contributed by atoms with van der Waals surface area (Å²) in [5, 5.41) is 1.79. The van der Waals surface area contributed by atoms with E-state index >= 15 is 0 Å². The van der Waals surface area contributed by atoms with Gasteiger partial charge in [0, 0.05) is 26.8 Å². The van der Waals surface area contributed by atoms with E-state index in [1.807, 2.05) is 14.0 Å². The van der Waals surface area contributed by atoms with E-state index in [9.17, 15) is 4.39 Å². The summed E-state index contributed by atoms with van der Waals surface area (Å²) in [5.41, 5.74) is 6.95. The summed E-state index contributed by atoms with van der Waals surface area (Å²) in [6.45, 7) is 4.30. The molecule has 0 heterocycles. The van der Waals surface area contributed by atoms with E-state index in [2.05, 4.69) is 11.0 Å². The van der Waals surface area contributed by atoms with E-state index in [1.54, 1.807) is 17.1 Å². The van der Waals surface area contributed by atoms with Crippen LogP contribution in [0.5, 0.6) is 0 Å². The zero-order chi connectivity index (χ0) is 12.5. The van der Waals surface area contributed by atoms with E-state index in [0.717, 1.165) is 31.9 Å². The van der Waals surface area contributed by atoms with Crippen molar-refractivity contribution in [1.82, 2.24) is 11.0 Å². The van der Waals surface area contributed by atoms with Gasteiger partial charge < -0.3 is 4.74 Å². The van der Waals surface area contributed by atoms with Gasteiger partial charge in [-0.1, -0.05) is 0 Å². The Morgan fingerprint density at radius 3 is 2.65 bits per heavy atom. The van der Waals surface area contributed by atoms with Gasteiger partial charge in [-0.2, -0.15) is 5.53 Å². The molecule has 2 N–H and O–H groups in total. The molecule has 0 radical (unpaired) electrons. The molecule has 5 heteroatoms. The summed E-state index contributed by atoms with van der Waals surface area (Å²) in [6.07, 6.45) is 0.943. The Balaban J connectivity index is 2.16. The first-order valence-corrected chi connectivity index (χ1v) is 5.79. The minimum absolute atomic E-state index is 0.230. The van der Waals surface area contributed by atoms with Crippen LogP contribution in [0.4, 0.5) is 10.1 Å². The largest absolute Gasteiger partial charge is 0.382 e. The lowest BCUT2D eigenvalue weighted by molar-refractivity contribution is 0.144. The number of nitrogens with zero attached hydrogens (tertiary/aromatic N) is 1. The van der Waals surface area contributed by atoms with Crippen LogP contribution in [0.2, 0.25) is 0 Å². The summed E-state index contributed by atoms with van der Waals surface area (Å²) < 4.78 is 17.9. The summed E-state index contributed by atoms with van der Waals surface area (Å²) >= 11 is 0. The lowest BCUT2D eigenvalue weighted by atomic mass is 10.3. The summed E-state index contributed by atoms with van der Waals surface area (Å²) in [5.74, 6) is -0.230. The summed E-state index contributed by atoms with van der Waals surface area (Å²) in [7, 11) is 1.86. The minimum Gasteiger partial charge on any atom is -0.382 e. The third-order valence-corrected chi connectivity index (χ3v) is 2.26. The molecule has 1 rings (SSSR count). The maximum absolute atomic E-state index is 12.7.